The molecule has 0 aromatic heterocycles. The van der Waals surface area contributed by atoms with E-state index in [1.54, 1.807) is 13.2 Å². The van der Waals surface area contributed by atoms with Crippen molar-refractivity contribution >= 4 is 5.69 Å². The molecule has 1 fully saturated rings. The predicted molar refractivity (Wildman–Crippen MR) is 76.0 cm³/mol. The monoisotopic (exact) mass is 266 g/mol. The fraction of sp³-hybridized carbons (Fsp3) is 0.600. The van der Waals surface area contributed by atoms with Crippen LogP contribution >= 0.6 is 0 Å². The maximum absolute atomic E-state index is 14.1. The van der Waals surface area contributed by atoms with Crippen molar-refractivity contribution in [3.63, 3.8) is 0 Å². The van der Waals surface area contributed by atoms with Crippen LogP contribution in [0, 0.1) is 11.7 Å². The van der Waals surface area contributed by atoms with Crippen LogP contribution in [0.3, 0.4) is 0 Å². The van der Waals surface area contributed by atoms with Crippen LogP contribution in [0.5, 0.6) is 0 Å². The van der Waals surface area contributed by atoms with E-state index in [9.17, 15) is 4.39 Å². The van der Waals surface area contributed by atoms with E-state index >= 15 is 0 Å². The third-order valence-corrected chi connectivity index (χ3v) is 3.75. The summed E-state index contributed by atoms with van der Waals surface area (Å²) >= 11 is 0. The number of hydrogen-bond donors (Lipinski definition) is 1. The maximum Gasteiger partial charge on any atom is 0.146 e. The predicted octanol–water partition coefficient (Wildman–Crippen LogP) is 2.41. The van der Waals surface area contributed by atoms with Crippen LogP contribution in [0.1, 0.15) is 18.4 Å². The van der Waals surface area contributed by atoms with Gasteiger partial charge in [0.2, 0.25) is 0 Å². The summed E-state index contributed by atoms with van der Waals surface area (Å²) in [4.78, 5) is 2.14. The van der Waals surface area contributed by atoms with Crippen molar-refractivity contribution in [1.29, 1.82) is 0 Å². The zero-order valence-corrected chi connectivity index (χ0v) is 11.8. The second kappa shape index (κ2) is 6.87. The standard InChI is InChI=1S/C15H23FN2O/c1-17-10-13-3-4-15(14(16)9-13)18-7-5-12(6-8-18)11-19-2/h3-4,9,12,17H,5-8,10-11H2,1-2H3. The van der Waals surface area contributed by atoms with Crippen LogP contribution in [0.2, 0.25) is 0 Å². The molecular weight excluding hydrogens is 243 g/mol. The third-order valence-electron chi connectivity index (χ3n) is 3.75. The molecule has 1 saturated heterocycles. The second-order valence-corrected chi connectivity index (χ2v) is 5.20. The van der Waals surface area contributed by atoms with Gasteiger partial charge in [0.1, 0.15) is 5.82 Å². The molecule has 1 aromatic carbocycles. The van der Waals surface area contributed by atoms with Gasteiger partial charge >= 0.3 is 0 Å². The van der Waals surface area contributed by atoms with Crippen LogP contribution in [0.25, 0.3) is 0 Å². The van der Waals surface area contributed by atoms with E-state index in [4.69, 9.17) is 4.74 Å². The van der Waals surface area contributed by atoms with Gasteiger partial charge in [-0.25, -0.2) is 4.39 Å². The Morgan fingerprint density at radius 1 is 1.37 bits per heavy atom. The lowest BCUT2D eigenvalue weighted by molar-refractivity contribution is 0.139. The molecule has 1 aromatic rings. The normalized spacial score (nSPS) is 16.9. The number of rotatable bonds is 5. The number of halogens is 1. The zero-order valence-electron chi connectivity index (χ0n) is 11.8. The molecular formula is C15H23FN2O. The van der Waals surface area contributed by atoms with E-state index in [-0.39, 0.29) is 5.82 Å². The highest BCUT2D eigenvalue weighted by molar-refractivity contribution is 5.49. The van der Waals surface area contributed by atoms with Crippen molar-refractivity contribution in [2.24, 2.45) is 5.92 Å². The summed E-state index contributed by atoms with van der Waals surface area (Å²) in [5.74, 6) is 0.505. The summed E-state index contributed by atoms with van der Waals surface area (Å²) in [6.07, 6.45) is 2.15. The molecule has 2 rings (SSSR count). The minimum atomic E-state index is -0.113. The summed E-state index contributed by atoms with van der Waals surface area (Å²) in [6.45, 7) is 3.34. The summed E-state index contributed by atoms with van der Waals surface area (Å²) in [6, 6.07) is 5.53. The van der Waals surface area contributed by atoms with E-state index in [2.05, 4.69) is 10.2 Å². The highest BCUT2D eigenvalue weighted by Gasteiger charge is 2.21. The quantitative estimate of drug-likeness (QED) is 0.885. The number of hydrogen-bond acceptors (Lipinski definition) is 3. The number of anilines is 1. The number of methoxy groups -OCH3 is 1. The lowest BCUT2D eigenvalue weighted by atomic mass is 9.97. The molecule has 1 N–H and O–H groups in total. The van der Waals surface area contributed by atoms with Crippen molar-refractivity contribution in [2.45, 2.75) is 19.4 Å². The molecule has 0 radical (unpaired) electrons. The first-order valence-corrected chi connectivity index (χ1v) is 6.91. The summed E-state index contributed by atoms with van der Waals surface area (Å²) in [7, 11) is 3.61. The Morgan fingerprint density at radius 2 is 2.11 bits per heavy atom. The van der Waals surface area contributed by atoms with E-state index in [0.717, 1.165) is 43.8 Å². The van der Waals surface area contributed by atoms with E-state index in [0.29, 0.717) is 12.5 Å². The first-order chi connectivity index (χ1) is 9.24. The van der Waals surface area contributed by atoms with Crippen molar-refractivity contribution in [1.82, 2.24) is 5.32 Å². The highest BCUT2D eigenvalue weighted by Crippen LogP contribution is 2.26. The van der Waals surface area contributed by atoms with Gasteiger partial charge in [-0.2, -0.15) is 0 Å². The number of ether oxygens (including phenoxy) is 1. The Bertz CT molecular complexity index is 403. The second-order valence-electron chi connectivity index (χ2n) is 5.20. The molecule has 4 heteroatoms. The van der Waals surface area contributed by atoms with Crippen LogP contribution < -0.4 is 10.2 Å². The smallest absolute Gasteiger partial charge is 0.146 e. The average molecular weight is 266 g/mol. The van der Waals surface area contributed by atoms with Crippen LogP contribution in [-0.2, 0) is 11.3 Å². The van der Waals surface area contributed by atoms with Gasteiger partial charge in [0, 0.05) is 33.4 Å². The molecule has 0 amide bonds. The molecule has 1 aliphatic heterocycles. The Labute approximate surface area is 114 Å². The molecule has 0 saturated carbocycles. The van der Waals surface area contributed by atoms with Crippen molar-refractivity contribution in [3.8, 4) is 0 Å². The molecule has 3 nitrogen and oxygen atoms in total. The van der Waals surface area contributed by atoms with Crippen molar-refractivity contribution < 1.29 is 9.13 Å². The topological polar surface area (TPSA) is 24.5 Å². The van der Waals surface area contributed by atoms with Gasteiger partial charge in [-0.15, -0.1) is 0 Å². The summed E-state index contributed by atoms with van der Waals surface area (Å²) < 4.78 is 19.3. The third kappa shape index (κ3) is 3.67. The van der Waals surface area contributed by atoms with Crippen molar-refractivity contribution in [2.75, 3.05) is 38.8 Å². The first-order valence-electron chi connectivity index (χ1n) is 6.91. The lowest BCUT2D eigenvalue weighted by Gasteiger charge is -2.33. The van der Waals surface area contributed by atoms with Gasteiger partial charge in [-0.05, 0) is 43.5 Å². The molecule has 0 aliphatic carbocycles. The van der Waals surface area contributed by atoms with Gasteiger partial charge in [-0.3, -0.25) is 0 Å². The number of nitrogens with zero attached hydrogens (tertiary/aromatic N) is 1. The number of piperidine rings is 1. The minimum absolute atomic E-state index is 0.113. The molecule has 0 atom stereocenters. The SMILES string of the molecule is CNCc1ccc(N2CCC(COC)CC2)c(F)c1. The molecule has 0 spiro atoms. The van der Waals surface area contributed by atoms with Gasteiger partial charge in [0.05, 0.1) is 5.69 Å². The number of nitrogens with one attached hydrogen (secondary N) is 1. The van der Waals surface area contributed by atoms with Crippen molar-refractivity contribution in [3.05, 3.63) is 29.6 Å². The van der Waals surface area contributed by atoms with E-state index < -0.39 is 0 Å². The van der Waals surface area contributed by atoms with Gasteiger partial charge in [-0.1, -0.05) is 6.07 Å². The molecule has 0 bridgehead atoms. The summed E-state index contributed by atoms with van der Waals surface area (Å²) in [5.41, 5.74) is 1.72. The highest BCUT2D eigenvalue weighted by atomic mass is 19.1. The van der Waals surface area contributed by atoms with Gasteiger partial charge < -0.3 is 15.0 Å². The largest absolute Gasteiger partial charge is 0.384 e. The first kappa shape index (κ1) is 14.3. The lowest BCUT2D eigenvalue weighted by Crippen LogP contribution is -2.35. The van der Waals surface area contributed by atoms with E-state index in [1.165, 1.54) is 0 Å². The van der Waals surface area contributed by atoms with Crippen LogP contribution in [0.4, 0.5) is 10.1 Å². The zero-order chi connectivity index (χ0) is 13.7. The Kier molecular flexibility index (Phi) is 5.16. The maximum atomic E-state index is 14.1. The minimum Gasteiger partial charge on any atom is -0.384 e. The fourth-order valence-corrected chi connectivity index (χ4v) is 2.70. The van der Waals surface area contributed by atoms with Crippen LogP contribution in [-0.4, -0.2) is 33.9 Å². The molecule has 0 unspecified atom stereocenters. The van der Waals surface area contributed by atoms with Crippen LogP contribution in [0.15, 0.2) is 18.2 Å². The Balaban J connectivity index is 1.99. The Hall–Kier alpha value is -1.13. The molecule has 1 aliphatic rings. The summed E-state index contributed by atoms with van der Waals surface area (Å²) in [5, 5.41) is 3.04. The number of benzene rings is 1. The molecule has 106 valence electrons. The average Bonchev–Trinajstić information content (AvgIpc) is 2.41. The fourth-order valence-electron chi connectivity index (χ4n) is 2.70. The Morgan fingerprint density at radius 3 is 2.68 bits per heavy atom. The molecule has 19 heavy (non-hydrogen) atoms. The van der Waals surface area contributed by atoms with Gasteiger partial charge in [0.15, 0.2) is 0 Å². The van der Waals surface area contributed by atoms with Gasteiger partial charge in [0.25, 0.3) is 0 Å². The molecule has 1 heterocycles. The van der Waals surface area contributed by atoms with E-state index in [1.807, 2.05) is 19.2 Å².